The lowest BCUT2D eigenvalue weighted by molar-refractivity contribution is -0.143. The molecule has 0 spiro atoms. The predicted molar refractivity (Wildman–Crippen MR) is 131 cm³/mol. The molecule has 1 aliphatic heterocycles. The number of nitrogens with one attached hydrogen (secondary N) is 1. The smallest absolute Gasteiger partial charge is 0.326 e. The van der Waals surface area contributed by atoms with Crippen LogP contribution in [-0.2, 0) is 4.79 Å². The van der Waals surface area contributed by atoms with E-state index in [1.807, 2.05) is 24.3 Å². The lowest BCUT2D eigenvalue weighted by Crippen LogP contribution is -2.41. The number of carboxylic acids is 1. The fourth-order valence-electron chi connectivity index (χ4n) is 4.41. The minimum Gasteiger partial charge on any atom is -0.480 e. The summed E-state index contributed by atoms with van der Waals surface area (Å²) in [5.74, 6) is -0.763. The fraction of sp³-hybridized carbons (Fsp3) is 0.407. The fourth-order valence-corrected chi connectivity index (χ4v) is 4.41. The van der Waals surface area contributed by atoms with Crippen LogP contribution in [0.4, 0.5) is 0 Å². The highest BCUT2D eigenvalue weighted by Gasteiger charge is 2.27. The van der Waals surface area contributed by atoms with Gasteiger partial charge in [-0.25, -0.2) is 4.79 Å². The molecule has 5 nitrogen and oxygen atoms in total. The van der Waals surface area contributed by atoms with Crippen LogP contribution in [0.15, 0.2) is 73.0 Å². The van der Waals surface area contributed by atoms with Gasteiger partial charge in [0, 0.05) is 30.8 Å². The van der Waals surface area contributed by atoms with Gasteiger partial charge in [0.25, 0.3) is 5.91 Å². The highest BCUT2D eigenvalue weighted by Crippen LogP contribution is 2.31. The van der Waals surface area contributed by atoms with Crippen molar-refractivity contribution in [1.29, 1.82) is 0 Å². The molecule has 0 radical (unpaired) electrons. The Hall–Kier alpha value is -3.08. The van der Waals surface area contributed by atoms with Crippen LogP contribution in [0, 0.1) is 0 Å². The largest absolute Gasteiger partial charge is 0.480 e. The van der Waals surface area contributed by atoms with Gasteiger partial charge in [-0.3, -0.25) is 4.79 Å². The number of allylic oxidation sites excluding steroid dienone is 5. The maximum absolute atomic E-state index is 12.3. The number of benzene rings is 1. The molecular formula is C27H36N2O3. The Morgan fingerprint density at radius 1 is 1.09 bits per heavy atom. The molecule has 1 aromatic rings. The zero-order valence-electron chi connectivity index (χ0n) is 19.3. The van der Waals surface area contributed by atoms with Gasteiger partial charge in [0.2, 0.25) is 0 Å². The zero-order chi connectivity index (χ0) is 23.5. The van der Waals surface area contributed by atoms with Crippen LogP contribution in [0.3, 0.4) is 0 Å². The predicted octanol–water partition coefficient (Wildman–Crippen LogP) is 5.44. The summed E-state index contributed by atoms with van der Waals surface area (Å²) in [5, 5.41) is 12.5. The molecule has 3 rings (SSSR count). The monoisotopic (exact) mass is 436 g/mol. The van der Waals surface area contributed by atoms with Gasteiger partial charge < -0.3 is 15.3 Å². The first-order valence-corrected chi connectivity index (χ1v) is 11.4. The number of aliphatic carboxylic acids is 1. The van der Waals surface area contributed by atoms with Crippen LogP contribution in [-0.4, -0.2) is 41.5 Å². The number of carboxylic acid groups (broad SMARTS) is 1. The topological polar surface area (TPSA) is 69.6 Å². The molecule has 2 aliphatic rings. The first-order chi connectivity index (χ1) is 15.5. The molecule has 2 unspecified atom stereocenters. The molecular weight excluding hydrogens is 400 g/mol. The number of nitrogens with zero attached hydrogens (tertiary/aromatic N) is 1. The summed E-state index contributed by atoms with van der Waals surface area (Å²) in [4.78, 5) is 26.3. The summed E-state index contributed by atoms with van der Waals surface area (Å²) < 4.78 is 0. The SMILES string of the molecule is C=C.CNC(=O)c1ccccc1C(C)C1=CCC=C(N2CCCCCCC2C(=O)O)C=C1. The summed E-state index contributed by atoms with van der Waals surface area (Å²) in [7, 11) is 1.65. The van der Waals surface area contributed by atoms with Crippen molar-refractivity contribution >= 4 is 11.9 Å². The van der Waals surface area contributed by atoms with E-state index in [-0.39, 0.29) is 11.8 Å². The Morgan fingerprint density at radius 3 is 2.53 bits per heavy atom. The summed E-state index contributed by atoms with van der Waals surface area (Å²) >= 11 is 0. The van der Waals surface area contributed by atoms with E-state index in [9.17, 15) is 14.7 Å². The van der Waals surface area contributed by atoms with E-state index >= 15 is 0 Å². The number of amides is 1. The van der Waals surface area contributed by atoms with E-state index in [2.05, 4.69) is 54.6 Å². The third kappa shape index (κ3) is 6.22. The Morgan fingerprint density at radius 2 is 1.81 bits per heavy atom. The van der Waals surface area contributed by atoms with E-state index in [4.69, 9.17) is 0 Å². The molecule has 1 fully saturated rings. The molecule has 1 aliphatic carbocycles. The van der Waals surface area contributed by atoms with Crippen LogP contribution in [0.5, 0.6) is 0 Å². The zero-order valence-corrected chi connectivity index (χ0v) is 19.3. The van der Waals surface area contributed by atoms with Crippen molar-refractivity contribution in [2.45, 2.75) is 57.4 Å². The van der Waals surface area contributed by atoms with Crippen molar-refractivity contribution in [3.63, 3.8) is 0 Å². The number of carbonyl (C=O) groups excluding carboxylic acids is 1. The third-order valence-electron chi connectivity index (χ3n) is 6.15. The lowest BCUT2D eigenvalue weighted by Gasteiger charge is -2.33. The van der Waals surface area contributed by atoms with Gasteiger partial charge in [0.15, 0.2) is 0 Å². The highest BCUT2D eigenvalue weighted by molar-refractivity contribution is 5.95. The summed E-state index contributed by atoms with van der Waals surface area (Å²) in [5.41, 5.74) is 3.80. The van der Waals surface area contributed by atoms with Crippen LogP contribution in [0.2, 0.25) is 0 Å². The van der Waals surface area contributed by atoms with Gasteiger partial charge in [-0.2, -0.15) is 0 Å². The second-order valence-electron chi connectivity index (χ2n) is 8.04. The number of rotatable bonds is 5. The Bertz CT molecular complexity index is 885. The molecule has 5 heteroatoms. The molecule has 2 N–H and O–H groups in total. The maximum Gasteiger partial charge on any atom is 0.326 e. The van der Waals surface area contributed by atoms with E-state index in [1.54, 1.807) is 7.05 Å². The van der Waals surface area contributed by atoms with Crippen molar-refractivity contribution in [2.24, 2.45) is 0 Å². The van der Waals surface area contributed by atoms with E-state index in [0.717, 1.165) is 55.5 Å². The molecule has 0 aromatic heterocycles. The molecule has 2 atom stereocenters. The Kier molecular flexibility index (Phi) is 9.99. The maximum atomic E-state index is 12.3. The average Bonchev–Trinajstić information content (AvgIpc) is 3.05. The second kappa shape index (κ2) is 12.7. The molecule has 32 heavy (non-hydrogen) atoms. The molecule has 1 aromatic carbocycles. The van der Waals surface area contributed by atoms with Crippen molar-refractivity contribution in [2.75, 3.05) is 13.6 Å². The average molecular weight is 437 g/mol. The minimum atomic E-state index is -0.739. The first-order valence-electron chi connectivity index (χ1n) is 11.4. The van der Waals surface area contributed by atoms with Crippen LogP contribution >= 0.6 is 0 Å². The van der Waals surface area contributed by atoms with Crippen LogP contribution < -0.4 is 5.32 Å². The number of hydrogen-bond acceptors (Lipinski definition) is 3. The van der Waals surface area contributed by atoms with E-state index in [0.29, 0.717) is 12.0 Å². The molecule has 0 bridgehead atoms. The molecule has 0 saturated carbocycles. The van der Waals surface area contributed by atoms with Crippen molar-refractivity contribution in [1.82, 2.24) is 10.2 Å². The van der Waals surface area contributed by atoms with Crippen molar-refractivity contribution in [3.05, 3.63) is 84.1 Å². The summed E-state index contributed by atoms with van der Waals surface area (Å²) in [6.45, 7) is 8.89. The van der Waals surface area contributed by atoms with Gasteiger partial charge >= 0.3 is 5.97 Å². The number of hydrogen-bond donors (Lipinski definition) is 2. The summed E-state index contributed by atoms with van der Waals surface area (Å²) in [6.07, 6.45) is 14.1. The van der Waals surface area contributed by atoms with Gasteiger partial charge in [-0.1, -0.05) is 62.6 Å². The number of likely N-dealkylation sites (tertiary alicyclic amines) is 1. The quantitative estimate of drug-likeness (QED) is 0.603. The second-order valence-corrected chi connectivity index (χ2v) is 8.04. The number of carbonyl (C=O) groups is 2. The van der Waals surface area contributed by atoms with Crippen molar-refractivity contribution in [3.8, 4) is 0 Å². The molecule has 1 amide bonds. The summed E-state index contributed by atoms with van der Waals surface area (Å²) in [6, 6.07) is 7.23. The Labute approximate surface area is 192 Å². The van der Waals surface area contributed by atoms with Crippen molar-refractivity contribution < 1.29 is 14.7 Å². The van der Waals surface area contributed by atoms with Gasteiger partial charge in [-0.05, 0) is 42.5 Å². The van der Waals surface area contributed by atoms with Gasteiger partial charge in [0.1, 0.15) is 6.04 Å². The van der Waals surface area contributed by atoms with Crippen LogP contribution in [0.25, 0.3) is 0 Å². The van der Waals surface area contributed by atoms with Gasteiger partial charge in [-0.15, -0.1) is 13.2 Å². The third-order valence-corrected chi connectivity index (χ3v) is 6.15. The van der Waals surface area contributed by atoms with Gasteiger partial charge in [0.05, 0.1) is 0 Å². The molecule has 1 heterocycles. The first kappa shape index (κ1) is 25.2. The standard InChI is InChI=1S/C25H32N2O3.C2H4/c1-18(21-12-6-7-13-22(21)24(28)26-2)19-10-9-11-20(16-15-19)27-17-8-4-3-5-14-23(27)25(29)30;1-2/h6-7,10-13,15-16,18,23H,3-5,8-9,14,17H2,1-2H3,(H,26,28)(H,29,30);1-2H2. The highest BCUT2D eigenvalue weighted by atomic mass is 16.4. The van der Waals surface area contributed by atoms with E-state index < -0.39 is 12.0 Å². The molecule has 172 valence electrons. The van der Waals surface area contributed by atoms with E-state index in [1.165, 1.54) is 0 Å². The minimum absolute atomic E-state index is 0.0603. The Balaban J connectivity index is 0.00000176. The molecule has 1 saturated heterocycles. The normalized spacial score (nSPS) is 19.7. The van der Waals surface area contributed by atoms with Crippen LogP contribution in [0.1, 0.15) is 67.3 Å². The lowest BCUT2D eigenvalue weighted by atomic mass is 9.88.